The fraction of sp³-hybridized carbons (Fsp3) is 0.308. The second-order valence-electron chi connectivity index (χ2n) is 3.98. The van der Waals surface area contributed by atoms with E-state index in [1.807, 2.05) is 0 Å². The molecule has 0 saturated heterocycles. The average molecular weight is 280 g/mol. The van der Waals surface area contributed by atoms with Crippen LogP contribution in [0.3, 0.4) is 0 Å². The Morgan fingerprint density at radius 1 is 1.37 bits per heavy atom. The maximum Gasteiger partial charge on any atom is 0.201 e. The number of sulfone groups is 1. The first-order valence-corrected chi connectivity index (χ1v) is 7.46. The molecule has 0 spiro atoms. The molecule has 1 aromatic carbocycles. The van der Waals surface area contributed by atoms with Crippen LogP contribution in [0.15, 0.2) is 51.4 Å². The summed E-state index contributed by atoms with van der Waals surface area (Å²) in [6, 6.07) is 6.17. The van der Waals surface area contributed by atoms with Crippen LogP contribution in [0.2, 0.25) is 0 Å². The summed E-state index contributed by atoms with van der Waals surface area (Å²) in [5, 5.41) is 8.87. The lowest BCUT2D eigenvalue weighted by molar-refractivity contribution is 0.604. The summed E-state index contributed by atoms with van der Waals surface area (Å²) < 4.78 is 23.6. The van der Waals surface area contributed by atoms with Crippen molar-refractivity contribution in [1.29, 1.82) is 0 Å². The van der Waals surface area contributed by atoms with Crippen LogP contribution in [-0.4, -0.2) is 21.0 Å². The van der Waals surface area contributed by atoms with Gasteiger partial charge in [0.1, 0.15) is 5.69 Å². The third kappa shape index (κ3) is 4.57. The van der Waals surface area contributed by atoms with Gasteiger partial charge in [-0.1, -0.05) is 18.7 Å². The van der Waals surface area contributed by atoms with E-state index in [4.69, 9.17) is 5.73 Å². The van der Waals surface area contributed by atoms with E-state index in [-0.39, 0.29) is 10.9 Å². The number of benzene rings is 1. The van der Waals surface area contributed by atoms with Crippen LogP contribution in [0.4, 0.5) is 5.69 Å². The second kappa shape index (κ2) is 7.16. The number of hydrogen-bond acceptors (Lipinski definition) is 5. The molecule has 0 aliphatic carbocycles. The normalized spacial score (nSPS) is 13.6. The molecule has 103 valence electrons. The summed E-state index contributed by atoms with van der Waals surface area (Å²) in [5.41, 5.74) is 5.69. The highest BCUT2D eigenvalue weighted by molar-refractivity contribution is 7.94. The Labute approximate surface area is 114 Å². The summed E-state index contributed by atoms with van der Waals surface area (Å²) in [6.07, 6.45) is 1.52. The van der Waals surface area contributed by atoms with E-state index >= 15 is 0 Å². The van der Waals surface area contributed by atoms with Crippen LogP contribution >= 0.6 is 0 Å². The van der Waals surface area contributed by atoms with Gasteiger partial charge in [0.25, 0.3) is 0 Å². The van der Waals surface area contributed by atoms with Gasteiger partial charge >= 0.3 is 0 Å². The standard InChI is InChI=1S/C13H18N3O2S/c1-3-19(17,18)13-9-5-4-8-12(13)16-15-11(2)7-6-10-14/h3-5,8-9,11H,1-2,6-7,10,14H2. The fourth-order valence-corrected chi connectivity index (χ4v) is 2.27. The number of nitrogens with two attached hydrogens (primary N) is 1. The number of nitrogens with zero attached hydrogens (tertiary/aromatic N) is 2. The molecule has 1 unspecified atom stereocenters. The first kappa shape index (κ1) is 15.5. The molecule has 0 amide bonds. The molecule has 1 aromatic rings. The van der Waals surface area contributed by atoms with Crippen molar-refractivity contribution in [3.05, 3.63) is 43.2 Å². The van der Waals surface area contributed by atoms with Gasteiger partial charge in [-0.15, -0.1) is 0 Å². The van der Waals surface area contributed by atoms with Crippen molar-refractivity contribution >= 4 is 15.5 Å². The van der Waals surface area contributed by atoms with Crippen LogP contribution < -0.4 is 5.73 Å². The maximum atomic E-state index is 11.8. The SMILES string of the molecule is [CH2]C(CCCN)N=Nc1ccccc1S(=O)(=O)C=C. The van der Waals surface area contributed by atoms with Crippen molar-refractivity contribution in [3.8, 4) is 0 Å². The zero-order valence-electron chi connectivity index (χ0n) is 10.7. The van der Waals surface area contributed by atoms with E-state index in [2.05, 4.69) is 23.7 Å². The van der Waals surface area contributed by atoms with Crippen LogP contribution in [0.5, 0.6) is 0 Å². The van der Waals surface area contributed by atoms with Gasteiger partial charge in [0.2, 0.25) is 9.84 Å². The lowest BCUT2D eigenvalue weighted by Gasteiger charge is -2.05. The summed E-state index contributed by atoms with van der Waals surface area (Å²) >= 11 is 0. The lowest BCUT2D eigenvalue weighted by atomic mass is 10.2. The second-order valence-corrected chi connectivity index (χ2v) is 5.84. The van der Waals surface area contributed by atoms with Crippen LogP contribution in [-0.2, 0) is 9.84 Å². The molecule has 0 bridgehead atoms. The molecule has 0 heterocycles. The minimum atomic E-state index is -3.52. The molecule has 0 saturated carbocycles. The van der Waals surface area contributed by atoms with Crippen molar-refractivity contribution in [2.24, 2.45) is 16.0 Å². The van der Waals surface area contributed by atoms with Gasteiger partial charge in [0.05, 0.1) is 10.9 Å². The Morgan fingerprint density at radius 3 is 2.68 bits per heavy atom. The van der Waals surface area contributed by atoms with Crippen molar-refractivity contribution in [3.63, 3.8) is 0 Å². The van der Waals surface area contributed by atoms with Gasteiger partial charge in [-0.05, 0) is 38.4 Å². The summed E-state index contributed by atoms with van der Waals surface area (Å²) in [6.45, 7) is 7.69. The van der Waals surface area contributed by atoms with E-state index in [9.17, 15) is 8.42 Å². The van der Waals surface area contributed by atoms with Crippen LogP contribution in [0.1, 0.15) is 12.8 Å². The zero-order chi connectivity index (χ0) is 14.3. The van der Waals surface area contributed by atoms with Gasteiger partial charge in [-0.25, -0.2) is 8.42 Å². The number of hydrogen-bond donors (Lipinski definition) is 1. The lowest BCUT2D eigenvalue weighted by Crippen LogP contribution is -2.04. The molecule has 0 fully saturated rings. The first-order chi connectivity index (χ1) is 9.01. The molecule has 1 atom stereocenters. The fourth-order valence-electron chi connectivity index (χ4n) is 1.43. The monoisotopic (exact) mass is 280 g/mol. The predicted octanol–water partition coefficient (Wildman–Crippen LogP) is 2.63. The Hall–Kier alpha value is -1.53. The van der Waals surface area contributed by atoms with Gasteiger partial charge in [0.15, 0.2) is 0 Å². The molecule has 0 aliphatic rings. The van der Waals surface area contributed by atoms with Gasteiger partial charge in [-0.2, -0.15) is 10.2 Å². The predicted molar refractivity (Wildman–Crippen MR) is 75.8 cm³/mol. The Morgan fingerprint density at radius 2 is 2.05 bits per heavy atom. The summed E-state index contributed by atoms with van der Waals surface area (Å²) in [5.74, 6) is 0. The van der Waals surface area contributed by atoms with E-state index < -0.39 is 9.84 Å². The van der Waals surface area contributed by atoms with Crippen molar-refractivity contribution in [1.82, 2.24) is 0 Å². The highest BCUT2D eigenvalue weighted by atomic mass is 32.2. The third-order valence-corrected chi connectivity index (χ3v) is 3.86. The summed E-state index contributed by atoms with van der Waals surface area (Å²) in [7, 11) is -3.52. The minimum Gasteiger partial charge on any atom is -0.330 e. The highest BCUT2D eigenvalue weighted by Crippen LogP contribution is 2.25. The van der Waals surface area contributed by atoms with Gasteiger partial charge < -0.3 is 5.73 Å². The molecule has 1 radical (unpaired) electrons. The molecular formula is C13H18N3O2S. The molecule has 0 aliphatic heterocycles. The molecule has 19 heavy (non-hydrogen) atoms. The minimum absolute atomic E-state index is 0.0970. The van der Waals surface area contributed by atoms with Crippen molar-refractivity contribution < 1.29 is 8.42 Å². The van der Waals surface area contributed by atoms with E-state index in [0.29, 0.717) is 12.2 Å². The third-order valence-electron chi connectivity index (χ3n) is 2.46. The Kier molecular flexibility index (Phi) is 5.85. The van der Waals surface area contributed by atoms with E-state index in [1.54, 1.807) is 18.2 Å². The molecule has 1 rings (SSSR count). The molecule has 0 aromatic heterocycles. The topological polar surface area (TPSA) is 84.9 Å². The summed E-state index contributed by atoms with van der Waals surface area (Å²) in [4.78, 5) is 0.0970. The van der Waals surface area contributed by atoms with Crippen molar-refractivity contribution in [2.75, 3.05) is 6.54 Å². The molecular weight excluding hydrogens is 262 g/mol. The molecule has 5 nitrogen and oxygen atoms in total. The van der Waals surface area contributed by atoms with Gasteiger partial charge in [-0.3, -0.25) is 0 Å². The Balaban J connectivity index is 2.96. The van der Waals surface area contributed by atoms with Crippen molar-refractivity contribution in [2.45, 2.75) is 23.8 Å². The van der Waals surface area contributed by atoms with E-state index in [0.717, 1.165) is 18.2 Å². The number of azo groups is 1. The van der Waals surface area contributed by atoms with E-state index in [1.165, 1.54) is 6.07 Å². The van der Waals surface area contributed by atoms with Crippen LogP contribution in [0, 0.1) is 6.92 Å². The van der Waals surface area contributed by atoms with Gasteiger partial charge in [0, 0.05) is 5.41 Å². The molecule has 2 N–H and O–H groups in total. The Bertz CT molecular complexity index is 553. The smallest absolute Gasteiger partial charge is 0.201 e. The zero-order valence-corrected chi connectivity index (χ0v) is 11.5. The average Bonchev–Trinajstić information content (AvgIpc) is 2.43. The largest absolute Gasteiger partial charge is 0.330 e. The highest BCUT2D eigenvalue weighted by Gasteiger charge is 2.14. The maximum absolute atomic E-state index is 11.8. The molecule has 6 heteroatoms. The van der Waals surface area contributed by atoms with Crippen LogP contribution in [0.25, 0.3) is 0 Å². The number of rotatable bonds is 7. The first-order valence-electron chi connectivity index (χ1n) is 5.92. The quantitative estimate of drug-likeness (QED) is 0.779.